The first kappa shape index (κ1) is 17.6. The minimum absolute atomic E-state index is 0.139. The van der Waals surface area contributed by atoms with Crippen LogP contribution in [0.3, 0.4) is 0 Å². The number of ether oxygens (including phenoxy) is 2. The third-order valence-corrected chi connectivity index (χ3v) is 3.06. The van der Waals surface area contributed by atoms with Crippen LogP contribution in [-0.2, 0) is 15.9 Å². The first-order valence-corrected chi connectivity index (χ1v) is 7.25. The zero-order chi connectivity index (χ0) is 15.3. The van der Waals surface area contributed by atoms with Crippen LogP contribution in [0, 0.1) is 10.1 Å². The van der Waals surface area contributed by atoms with Gasteiger partial charge in [0.15, 0.2) is 0 Å². The van der Waals surface area contributed by atoms with E-state index >= 15 is 0 Å². The van der Waals surface area contributed by atoms with Gasteiger partial charge in [0, 0.05) is 25.8 Å². The molecular weight excluding hydrogens is 272 g/mol. The third-order valence-electron chi connectivity index (χ3n) is 3.06. The molecule has 0 atom stereocenters. The Morgan fingerprint density at radius 3 is 2.52 bits per heavy atom. The van der Waals surface area contributed by atoms with Crippen LogP contribution in [0.5, 0.6) is 0 Å². The summed E-state index contributed by atoms with van der Waals surface area (Å²) in [6.45, 7) is 3.91. The van der Waals surface area contributed by atoms with Crippen LogP contribution in [0.4, 0.5) is 5.69 Å². The second-order valence-corrected chi connectivity index (χ2v) is 4.74. The largest absolute Gasteiger partial charge is 0.382 e. The molecule has 21 heavy (non-hydrogen) atoms. The topological polar surface area (TPSA) is 73.6 Å². The number of nitro groups is 1. The third kappa shape index (κ3) is 8.39. The van der Waals surface area contributed by atoms with E-state index in [9.17, 15) is 10.1 Å². The van der Waals surface area contributed by atoms with Gasteiger partial charge in [-0.15, -0.1) is 0 Å². The first-order chi connectivity index (χ1) is 10.2. The van der Waals surface area contributed by atoms with Crippen molar-refractivity contribution in [2.45, 2.75) is 19.3 Å². The highest BCUT2D eigenvalue weighted by Crippen LogP contribution is 2.11. The standard InChI is InChI=1S/C15H24N2O4/c1-20-12-13-21-11-3-2-9-16-10-8-14-4-6-15(7-5-14)17(18)19/h4-7,16H,2-3,8-13H2,1H3. The summed E-state index contributed by atoms with van der Waals surface area (Å²) in [5.74, 6) is 0. The fourth-order valence-electron chi connectivity index (χ4n) is 1.84. The Bertz CT molecular complexity index is 395. The molecule has 0 saturated heterocycles. The number of rotatable bonds is 12. The van der Waals surface area contributed by atoms with Gasteiger partial charge in [-0.1, -0.05) is 12.1 Å². The van der Waals surface area contributed by atoms with Crippen molar-refractivity contribution in [2.24, 2.45) is 0 Å². The first-order valence-electron chi connectivity index (χ1n) is 7.25. The van der Waals surface area contributed by atoms with Gasteiger partial charge in [0.25, 0.3) is 5.69 Å². The van der Waals surface area contributed by atoms with E-state index < -0.39 is 0 Å². The molecule has 0 aliphatic rings. The zero-order valence-corrected chi connectivity index (χ0v) is 12.5. The lowest BCUT2D eigenvalue weighted by atomic mass is 10.1. The smallest absolute Gasteiger partial charge is 0.269 e. The Hall–Kier alpha value is -1.50. The van der Waals surface area contributed by atoms with E-state index in [-0.39, 0.29) is 10.6 Å². The van der Waals surface area contributed by atoms with Crippen molar-refractivity contribution in [3.63, 3.8) is 0 Å². The van der Waals surface area contributed by atoms with Crippen LogP contribution in [-0.4, -0.2) is 44.9 Å². The highest BCUT2D eigenvalue weighted by atomic mass is 16.6. The van der Waals surface area contributed by atoms with Crippen molar-refractivity contribution in [2.75, 3.05) is 40.0 Å². The minimum atomic E-state index is -0.378. The highest BCUT2D eigenvalue weighted by molar-refractivity contribution is 5.32. The van der Waals surface area contributed by atoms with E-state index in [0.29, 0.717) is 13.2 Å². The Kier molecular flexibility index (Phi) is 9.35. The van der Waals surface area contributed by atoms with Crippen LogP contribution >= 0.6 is 0 Å². The Morgan fingerprint density at radius 2 is 1.86 bits per heavy atom. The van der Waals surface area contributed by atoms with Gasteiger partial charge < -0.3 is 14.8 Å². The van der Waals surface area contributed by atoms with Gasteiger partial charge in [-0.25, -0.2) is 0 Å². The van der Waals surface area contributed by atoms with Crippen LogP contribution < -0.4 is 5.32 Å². The number of unbranched alkanes of at least 4 members (excludes halogenated alkanes) is 1. The van der Waals surface area contributed by atoms with Gasteiger partial charge >= 0.3 is 0 Å². The van der Waals surface area contributed by atoms with Crippen molar-refractivity contribution in [3.05, 3.63) is 39.9 Å². The van der Waals surface area contributed by atoms with E-state index in [2.05, 4.69) is 5.32 Å². The second kappa shape index (κ2) is 11.2. The normalized spacial score (nSPS) is 10.7. The lowest BCUT2D eigenvalue weighted by molar-refractivity contribution is -0.384. The van der Waals surface area contributed by atoms with E-state index in [4.69, 9.17) is 9.47 Å². The van der Waals surface area contributed by atoms with E-state index in [1.165, 1.54) is 0 Å². The van der Waals surface area contributed by atoms with Gasteiger partial charge in [-0.05, 0) is 37.9 Å². The van der Waals surface area contributed by atoms with Gasteiger partial charge in [-0.3, -0.25) is 10.1 Å². The molecule has 0 aliphatic heterocycles. The molecular formula is C15H24N2O4. The summed E-state index contributed by atoms with van der Waals surface area (Å²) in [6, 6.07) is 6.71. The SMILES string of the molecule is COCCOCCCCNCCc1ccc([N+](=O)[O-])cc1. The fourth-order valence-corrected chi connectivity index (χ4v) is 1.84. The number of nitro benzene ring substituents is 1. The molecule has 0 saturated carbocycles. The maximum atomic E-state index is 10.5. The van der Waals surface area contributed by atoms with Gasteiger partial charge in [-0.2, -0.15) is 0 Å². The molecule has 0 amide bonds. The molecule has 0 radical (unpaired) electrons. The van der Waals surface area contributed by atoms with Crippen molar-refractivity contribution < 1.29 is 14.4 Å². The van der Waals surface area contributed by atoms with Crippen molar-refractivity contribution >= 4 is 5.69 Å². The Morgan fingerprint density at radius 1 is 1.10 bits per heavy atom. The Balaban J connectivity index is 1.98. The molecule has 1 rings (SSSR count). The monoisotopic (exact) mass is 296 g/mol. The van der Waals surface area contributed by atoms with Crippen LogP contribution in [0.25, 0.3) is 0 Å². The van der Waals surface area contributed by atoms with E-state index in [0.717, 1.165) is 44.5 Å². The number of nitrogens with zero attached hydrogens (tertiary/aromatic N) is 1. The van der Waals surface area contributed by atoms with Crippen LogP contribution in [0.2, 0.25) is 0 Å². The number of hydrogen-bond donors (Lipinski definition) is 1. The molecule has 6 nitrogen and oxygen atoms in total. The maximum absolute atomic E-state index is 10.5. The number of hydrogen-bond acceptors (Lipinski definition) is 5. The van der Waals surface area contributed by atoms with E-state index in [1.54, 1.807) is 19.2 Å². The minimum Gasteiger partial charge on any atom is -0.382 e. The molecule has 0 bridgehead atoms. The van der Waals surface area contributed by atoms with Crippen molar-refractivity contribution in [1.82, 2.24) is 5.32 Å². The number of benzene rings is 1. The van der Waals surface area contributed by atoms with Gasteiger partial charge in [0.1, 0.15) is 0 Å². The predicted octanol–water partition coefficient (Wildman–Crippen LogP) is 2.17. The Labute approximate surface area is 125 Å². The van der Waals surface area contributed by atoms with Crippen LogP contribution in [0.1, 0.15) is 18.4 Å². The molecule has 0 unspecified atom stereocenters. The molecule has 6 heteroatoms. The van der Waals surface area contributed by atoms with Crippen LogP contribution in [0.15, 0.2) is 24.3 Å². The lowest BCUT2D eigenvalue weighted by Gasteiger charge is -2.06. The van der Waals surface area contributed by atoms with Gasteiger partial charge in [0.2, 0.25) is 0 Å². The average Bonchev–Trinajstić information content (AvgIpc) is 2.49. The van der Waals surface area contributed by atoms with Crippen molar-refractivity contribution in [1.29, 1.82) is 0 Å². The quantitative estimate of drug-likeness (QED) is 0.363. The molecule has 0 spiro atoms. The molecule has 1 N–H and O–H groups in total. The summed E-state index contributed by atoms with van der Waals surface area (Å²) in [6.07, 6.45) is 2.99. The summed E-state index contributed by atoms with van der Waals surface area (Å²) >= 11 is 0. The number of non-ortho nitro benzene ring substituents is 1. The fraction of sp³-hybridized carbons (Fsp3) is 0.600. The summed E-state index contributed by atoms with van der Waals surface area (Å²) in [4.78, 5) is 10.2. The zero-order valence-electron chi connectivity index (χ0n) is 12.5. The van der Waals surface area contributed by atoms with Crippen molar-refractivity contribution in [3.8, 4) is 0 Å². The lowest BCUT2D eigenvalue weighted by Crippen LogP contribution is -2.19. The summed E-state index contributed by atoms with van der Waals surface area (Å²) < 4.78 is 10.3. The molecule has 118 valence electrons. The molecule has 0 aliphatic carbocycles. The van der Waals surface area contributed by atoms with E-state index in [1.807, 2.05) is 12.1 Å². The molecule has 0 aromatic heterocycles. The summed E-state index contributed by atoms with van der Waals surface area (Å²) in [7, 11) is 1.66. The molecule has 0 heterocycles. The molecule has 0 fully saturated rings. The summed E-state index contributed by atoms with van der Waals surface area (Å²) in [5.41, 5.74) is 1.25. The number of methoxy groups -OCH3 is 1. The maximum Gasteiger partial charge on any atom is 0.269 e. The second-order valence-electron chi connectivity index (χ2n) is 4.74. The number of nitrogens with one attached hydrogen (secondary N) is 1. The molecule has 1 aromatic carbocycles. The average molecular weight is 296 g/mol. The molecule has 1 aromatic rings. The summed E-state index contributed by atoms with van der Waals surface area (Å²) in [5, 5.41) is 13.9. The highest BCUT2D eigenvalue weighted by Gasteiger charge is 2.03. The van der Waals surface area contributed by atoms with Gasteiger partial charge in [0.05, 0.1) is 18.1 Å². The predicted molar refractivity (Wildman–Crippen MR) is 81.6 cm³/mol.